The first kappa shape index (κ1) is 15.5. The number of amides is 1. The molecule has 0 saturated carbocycles. The van der Waals surface area contributed by atoms with Crippen LogP contribution in [0.15, 0.2) is 46.2 Å². The van der Waals surface area contributed by atoms with Gasteiger partial charge in [-0.25, -0.2) is 23.1 Å². The molecule has 0 atom stereocenters. The van der Waals surface area contributed by atoms with Gasteiger partial charge in [0.2, 0.25) is 0 Å². The van der Waals surface area contributed by atoms with E-state index in [1.165, 1.54) is 24.5 Å². The van der Waals surface area contributed by atoms with E-state index in [1.807, 2.05) is 4.72 Å². The van der Waals surface area contributed by atoms with Crippen LogP contribution in [0.25, 0.3) is 0 Å². The van der Waals surface area contributed by atoms with Crippen LogP contribution >= 0.6 is 15.9 Å². The number of nitrogens with zero attached hydrogens (tertiary/aromatic N) is 2. The molecular formula is C12H11BrN4O3S. The van der Waals surface area contributed by atoms with E-state index in [4.69, 9.17) is 5.73 Å². The average Bonchev–Trinajstić information content (AvgIpc) is 2.47. The van der Waals surface area contributed by atoms with Crippen LogP contribution < -0.4 is 10.5 Å². The molecule has 110 valence electrons. The minimum Gasteiger partial charge on any atom is -0.326 e. The number of benzene rings is 1. The van der Waals surface area contributed by atoms with E-state index in [1.54, 1.807) is 12.1 Å². The fourth-order valence-electron chi connectivity index (χ4n) is 1.47. The second-order valence-electron chi connectivity index (χ2n) is 4.01. The van der Waals surface area contributed by atoms with Crippen LogP contribution in [0.4, 0.5) is 0 Å². The largest absolute Gasteiger partial charge is 0.326 e. The molecule has 0 saturated heterocycles. The molecular weight excluding hydrogens is 360 g/mol. The summed E-state index contributed by atoms with van der Waals surface area (Å²) in [7, 11) is -3.96. The van der Waals surface area contributed by atoms with Crippen molar-refractivity contribution in [1.82, 2.24) is 14.7 Å². The number of rotatable bonds is 4. The molecule has 0 unspecified atom stereocenters. The maximum atomic E-state index is 12.1. The highest BCUT2D eigenvalue weighted by Gasteiger charge is 2.19. The molecule has 1 aromatic carbocycles. The molecule has 9 heteroatoms. The van der Waals surface area contributed by atoms with Crippen LogP contribution in [0, 0.1) is 0 Å². The van der Waals surface area contributed by atoms with Crippen LogP contribution in [0.1, 0.15) is 16.1 Å². The number of halogens is 1. The van der Waals surface area contributed by atoms with Gasteiger partial charge in [-0.1, -0.05) is 12.1 Å². The van der Waals surface area contributed by atoms with Crippen molar-refractivity contribution < 1.29 is 13.2 Å². The predicted octanol–water partition coefficient (Wildman–Crippen LogP) is 0.816. The summed E-state index contributed by atoms with van der Waals surface area (Å²) in [6.45, 7) is 0.307. The number of nitrogens with two attached hydrogens (primary N) is 1. The molecule has 1 amide bonds. The Labute approximate surface area is 129 Å². The van der Waals surface area contributed by atoms with Crippen molar-refractivity contribution in [2.24, 2.45) is 5.73 Å². The van der Waals surface area contributed by atoms with Gasteiger partial charge < -0.3 is 5.73 Å². The highest BCUT2D eigenvalue weighted by atomic mass is 79.9. The Morgan fingerprint density at radius 1 is 1.19 bits per heavy atom. The second-order valence-corrected chi connectivity index (χ2v) is 6.50. The van der Waals surface area contributed by atoms with Crippen molar-refractivity contribution in [1.29, 1.82) is 0 Å². The highest BCUT2D eigenvalue weighted by molar-refractivity contribution is 9.10. The molecule has 3 N–H and O–H groups in total. The van der Waals surface area contributed by atoms with Gasteiger partial charge in [0.15, 0.2) is 0 Å². The standard InChI is InChI=1S/C12H11BrN4O3S/c13-11-7-15-10(6-16-11)12(18)17-21(19,20)9-3-1-8(5-14)2-4-9/h1-4,6-7H,5,14H2,(H,17,18). The van der Waals surface area contributed by atoms with Gasteiger partial charge in [-0.3, -0.25) is 4.79 Å². The zero-order valence-corrected chi connectivity index (χ0v) is 13.1. The molecule has 0 fully saturated rings. The summed E-state index contributed by atoms with van der Waals surface area (Å²) in [6, 6.07) is 5.92. The zero-order valence-electron chi connectivity index (χ0n) is 10.7. The van der Waals surface area contributed by atoms with Crippen molar-refractivity contribution in [3.05, 3.63) is 52.5 Å². The summed E-state index contributed by atoms with van der Waals surface area (Å²) in [5.74, 6) is -0.849. The molecule has 1 aromatic heterocycles. The highest BCUT2D eigenvalue weighted by Crippen LogP contribution is 2.11. The number of sulfonamides is 1. The lowest BCUT2D eigenvalue weighted by atomic mass is 10.2. The van der Waals surface area contributed by atoms with Crippen molar-refractivity contribution in [3.63, 3.8) is 0 Å². The molecule has 7 nitrogen and oxygen atoms in total. The summed E-state index contributed by atoms with van der Waals surface area (Å²) in [5.41, 5.74) is 6.13. The molecule has 2 rings (SSSR count). The van der Waals surface area contributed by atoms with Crippen molar-refractivity contribution in [2.45, 2.75) is 11.4 Å². The van der Waals surface area contributed by atoms with E-state index < -0.39 is 15.9 Å². The first-order valence-electron chi connectivity index (χ1n) is 5.76. The molecule has 0 aliphatic carbocycles. The van der Waals surface area contributed by atoms with Gasteiger partial charge in [-0.2, -0.15) is 0 Å². The lowest BCUT2D eigenvalue weighted by molar-refractivity contribution is 0.0976. The molecule has 0 spiro atoms. The Hall–Kier alpha value is -1.84. The number of nitrogens with one attached hydrogen (secondary N) is 1. The van der Waals surface area contributed by atoms with E-state index in [9.17, 15) is 13.2 Å². The van der Waals surface area contributed by atoms with Gasteiger partial charge >= 0.3 is 0 Å². The van der Waals surface area contributed by atoms with E-state index in [0.717, 1.165) is 5.56 Å². The smallest absolute Gasteiger partial charge is 0.285 e. The third kappa shape index (κ3) is 3.84. The fourth-order valence-corrected chi connectivity index (χ4v) is 2.63. The monoisotopic (exact) mass is 370 g/mol. The van der Waals surface area contributed by atoms with Crippen molar-refractivity contribution in [2.75, 3.05) is 0 Å². The Kier molecular flexibility index (Phi) is 4.66. The fraction of sp³-hybridized carbons (Fsp3) is 0.0833. The van der Waals surface area contributed by atoms with E-state index >= 15 is 0 Å². The van der Waals surface area contributed by atoms with E-state index in [2.05, 4.69) is 25.9 Å². The Balaban J connectivity index is 2.20. The molecule has 1 heterocycles. The zero-order chi connectivity index (χ0) is 15.5. The van der Waals surface area contributed by atoms with Gasteiger partial charge in [0.05, 0.1) is 17.3 Å². The van der Waals surface area contributed by atoms with Crippen LogP contribution in [0.3, 0.4) is 0 Å². The maximum Gasteiger partial charge on any atom is 0.285 e. The minimum absolute atomic E-state index is 0.0295. The lowest BCUT2D eigenvalue weighted by Crippen LogP contribution is -2.31. The number of carbonyl (C=O) groups is 1. The summed E-state index contributed by atoms with van der Waals surface area (Å²) >= 11 is 3.07. The Morgan fingerprint density at radius 3 is 2.38 bits per heavy atom. The Morgan fingerprint density at radius 2 is 1.86 bits per heavy atom. The average molecular weight is 371 g/mol. The van der Waals surface area contributed by atoms with E-state index in [0.29, 0.717) is 11.1 Å². The number of hydrogen-bond acceptors (Lipinski definition) is 6. The third-order valence-electron chi connectivity index (χ3n) is 2.55. The van der Waals surface area contributed by atoms with Gasteiger partial charge in [-0.05, 0) is 33.6 Å². The number of aromatic nitrogens is 2. The maximum absolute atomic E-state index is 12.1. The molecule has 0 aliphatic heterocycles. The summed E-state index contributed by atoms with van der Waals surface area (Å²) in [5, 5.41) is 0. The topological polar surface area (TPSA) is 115 Å². The third-order valence-corrected chi connectivity index (χ3v) is 4.31. The Bertz CT molecular complexity index is 745. The van der Waals surface area contributed by atoms with Crippen LogP contribution in [-0.2, 0) is 16.6 Å². The summed E-state index contributed by atoms with van der Waals surface area (Å²) in [4.78, 5) is 19.4. The van der Waals surface area contributed by atoms with Gasteiger partial charge in [0, 0.05) is 6.54 Å². The van der Waals surface area contributed by atoms with Crippen LogP contribution in [0.2, 0.25) is 0 Å². The molecule has 2 aromatic rings. The van der Waals surface area contributed by atoms with Gasteiger partial charge in [0.25, 0.3) is 15.9 Å². The SMILES string of the molecule is NCc1ccc(S(=O)(=O)NC(=O)c2cnc(Br)cn2)cc1. The van der Waals surface area contributed by atoms with Gasteiger partial charge in [0.1, 0.15) is 10.3 Å². The summed E-state index contributed by atoms with van der Waals surface area (Å²) in [6.07, 6.45) is 2.48. The van der Waals surface area contributed by atoms with Crippen molar-refractivity contribution in [3.8, 4) is 0 Å². The number of hydrogen-bond donors (Lipinski definition) is 2. The minimum atomic E-state index is -3.96. The lowest BCUT2D eigenvalue weighted by Gasteiger charge is -2.07. The molecule has 21 heavy (non-hydrogen) atoms. The summed E-state index contributed by atoms with van der Waals surface area (Å²) < 4.78 is 26.5. The molecule has 0 aliphatic rings. The molecule has 0 bridgehead atoms. The quantitative estimate of drug-likeness (QED) is 0.822. The molecule has 0 radical (unpaired) electrons. The number of carbonyl (C=O) groups excluding carboxylic acids is 1. The van der Waals surface area contributed by atoms with Gasteiger partial charge in [-0.15, -0.1) is 0 Å². The predicted molar refractivity (Wildman–Crippen MR) is 78.7 cm³/mol. The second kappa shape index (κ2) is 6.29. The normalized spacial score (nSPS) is 11.1. The van der Waals surface area contributed by atoms with Crippen molar-refractivity contribution >= 4 is 31.9 Å². The first-order valence-corrected chi connectivity index (χ1v) is 8.03. The first-order chi connectivity index (χ1) is 9.92. The van der Waals surface area contributed by atoms with Crippen LogP contribution in [0.5, 0.6) is 0 Å². The van der Waals surface area contributed by atoms with Crippen LogP contribution in [-0.4, -0.2) is 24.3 Å². The van der Waals surface area contributed by atoms with E-state index in [-0.39, 0.29) is 10.6 Å².